The number of methoxy groups -OCH3 is 2. The van der Waals surface area contributed by atoms with Gasteiger partial charge in [0.25, 0.3) is 0 Å². The van der Waals surface area contributed by atoms with Crippen molar-refractivity contribution in [1.82, 2.24) is 4.98 Å². The minimum Gasteiger partial charge on any atom is -0.481 e. The van der Waals surface area contributed by atoms with E-state index < -0.39 is 0 Å². The topological polar surface area (TPSA) is 48.4 Å². The molecule has 0 fully saturated rings. The van der Waals surface area contributed by atoms with Gasteiger partial charge >= 0.3 is 5.97 Å². The number of aromatic nitrogens is 1. The van der Waals surface area contributed by atoms with Gasteiger partial charge in [-0.25, -0.2) is 9.78 Å². The van der Waals surface area contributed by atoms with Gasteiger partial charge in [-0.15, -0.1) is 0 Å². The summed E-state index contributed by atoms with van der Waals surface area (Å²) in [6.45, 7) is 1.92. The fourth-order valence-electron chi connectivity index (χ4n) is 1.16. The van der Waals surface area contributed by atoms with Crippen LogP contribution in [0.5, 0.6) is 5.88 Å². The Kier molecular flexibility index (Phi) is 3.45. The van der Waals surface area contributed by atoms with E-state index in [0.29, 0.717) is 23.6 Å². The molecule has 0 aliphatic heterocycles. The van der Waals surface area contributed by atoms with Gasteiger partial charge in [0.15, 0.2) is 0 Å². The lowest BCUT2D eigenvalue weighted by molar-refractivity contribution is 0.0599. The summed E-state index contributed by atoms with van der Waals surface area (Å²) in [7, 11) is 2.89. The molecule has 0 N–H and O–H groups in total. The molecule has 1 aromatic rings. The van der Waals surface area contributed by atoms with Crippen molar-refractivity contribution in [3.05, 3.63) is 23.4 Å². The first kappa shape index (κ1) is 10.5. The van der Waals surface area contributed by atoms with Gasteiger partial charge in [-0.3, -0.25) is 0 Å². The fraction of sp³-hybridized carbons (Fsp3) is 0.400. The van der Waals surface area contributed by atoms with Crippen molar-refractivity contribution in [3.8, 4) is 5.88 Å². The minimum atomic E-state index is -0.364. The van der Waals surface area contributed by atoms with Gasteiger partial charge in [0.05, 0.1) is 25.5 Å². The molecular weight excluding hydrogens is 182 g/mol. The van der Waals surface area contributed by atoms with Crippen LogP contribution in [0.3, 0.4) is 0 Å². The molecule has 1 rings (SSSR count). The standard InChI is InChI=1S/C10H13NO3/c1-4-8-7(10(12)14-3)5-6-9(11-8)13-2/h5-6H,4H2,1-3H3. The zero-order valence-electron chi connectivity index (χ0n) is 8.53. The Bertz CT molecular complexity index is 336. The van der Waals surface area contributed by atoms with Crippen LogP contribution in [0.2, 0.25) is 0 Å². The summed E-state index contributed by atoms with van der Waals surface area (Å²) in [6.07, 6.45) is 0.668. The molecule has 0 aliphatic carbocycles. The number of pyridine rings is 1. The molecule has 0 saturated heterocycles. The average Bonchev–Trinajstić information content (AvgIpc) is 2.27. The van der Waals surface area contributed by atoms with Crippen LogP contribution in [-0.2, 0) is 11.2 Å². The van der Waals surface area contributed by atoms with Crippen molar-refractivity contribution < 1.29 is 14.3 Å². The predicted octanol–water partition coefficient (Wildman–Crippen LogP) is 1.44. The highest BCUT2D eigenvalue weighted by atomic mass is 16.5. The molecule has 4 heteroatoms. The van der Waals surface area contributed by atoms with Gasteiger partial charge in [-0.2, -0.15) is 0 Å². The van der Waals surface area contributed by atoms with E-state index >= 15 is 0 Å². The van der Waals surface area contributed by atoms with E-state index in [-0.39, 0.29) is 5.97 Å². The highest BCUT2D eigenvalue weighted by Gasteiger charge is 2.12. The normalized spacial score (nSPS) is 9.64. The van der Waals surface area contributed by atoms with Crippen molar-refractivity contribution in [1.29, 1.82) is 0 Å². The molecular formula is C10H13NO3. The minimum absolute atomic E-state index is 0.364. The Morgan fingerprint density at radius 3 is 2.64 bits per heavy atom. The third-order valence-corrected chi connectivity index (χ3v) is 1.90. The first-order valence-corrected chi connectivity index (χ1v) is 4.35. The summed E-state index contributed by atoms with van der Waals surface area (Å²) in [5.41, 5.74) is 1.19. The van der Waals surface area contributed by atoms with E-state index in [1.807, 2.05) is 6.92 Å². The van der Waals surface area contributed by atoms with Crippen LogP contribution in [0, 0.1) is 0 Å². The smallest absolute Gasteiger partial charge is 0.339 e. The number of rotatable bonds is 3. The van der Waals surface area contributed by atoms with E-state index in [1.165, 1.54) is 7.11 Å². The maximum absolute atomic E-state index is 11.3. The van der Waals surface area contributed by atoms with Gasteiger partial charge in [0.2, 0.25) is 5.88 Å². The van der Waals surface area contributed by atoms with Gasteiger partial charge in [0, 0.05) is 6.07 Å². The second-order valence-electron chi connectivity index (χ2n) is 2.69. The van der Waals surface area contributed by atoms with Gasteiger partial charge < -0.3 is 9.47 Å². The van der Waals surface area contributed by atoms with Crippen LogP contribution < -0.4 is 4.74 Å². The van der Waals surface area contributed by atoms with E-state index in [0.717, 1.165) is 0 Å². The van der Waals surface area contributed by atoms with Crippen LogP contribution in [0.25, 0.3) is 0 Å². The first-order chi connectivity index (χ1) is 6.72. The Labute approximate surface area is 82.9 Å². The molecule has 0 aromatic carbocycles. The zero-order valence-corrected chi connectivity index (χ0v) is 8.53. The van der Waals surface area contributed by atoms with Crippen molar-refractivity contribution in [2.45, 2.75) is 13.3 Å². The third-order valence-electron chi connectivity index (χ3n) is 1.90. The predicted molar refractivity (Wildman–Crippen MR) is 51.5 cm³/mol. The molecule has 0 amide bonds. The second-order valence-corrected chi connectivity index (χ2v) is 2.69. The first-order valence-electron chi connectivity index (χ1n) is 4.35. The summed E-state index contributed by atoms with van der Waals surface area (Å²) in [4.78, 5) is 15.4. The molecule has 0 unspecified atom stereocenters. The Morgan fingerprint density at radius 1 is 1.43 bits per heavy atom. The molecule has 0 bridgehead atoms. The van der Waals surface area contributed by atoms with Crippen LogP contribution in [-0.4, -0.2) is 25.2 Å². The molecule has 0 radical (unpaired) electrons. The molecule has 14 heavy (non-hydrogen) atoms. The van der Waals surface area contributed by atoms with Gasteiger partial charge in [0.1, 0.15) is 0 Å². The van der Waals surface area contributed by atoms with Crippen LogP contribution in [0.4, 0.5) is 0 Å². The van der Waals surface area contributed by atoms with Gasteiger partial charge in [-0.1, -0.05) is 6.92 Å². The molecule has 4 nitrogen and oxygen atoms in total. The molecule has 0 spiro atoms. The van der Waals surface area contributed by atoms with Crippen LogP contribution in [0.15, 0.2) is 12.1 Å². The SMILES string of the molecule is CCc1nc(OC)ccc1C(=O)OC. The Morgan fingerprint density at radius 2 is 2.14 bits per heavy atom. The quantitative estimate of drug-likeness (QED) is 0.685. The fourth-order valence-corrected chi connectivity index (χ4v) is 1.16. The van der Waals surface area contributed by atoms with E-state index in [1.54, 1.807) is 19.2 Å². The van der Waals surface area contributed by atoms with Crippen molar-refractivity contribution in [2.75, 3.05) is 14.2 Å². The number of carbonyl (C=O) groups is 1. The molecule has 1 aromatic heterocycles. The number of esters is 1. The van der Waals surface area contributed by atoms with E-state index in [9.17, 15) is 4.79 Å². The Balaban J connectivity index is 3.11. The summed E-state index contributed by atoms with van der Waals surface area (Å²) >= 11 is 0. The van der Waals surface area contributed by atoms with Gasteiger partial charge in [-0.05, 0) is 12.5 Å². The lowest BCUT2D eigenvalue weighted by Gasteiger charge is -2.06. The number of nitrogens with zero attached hydrogens (tertiary/aromatic N) is 1. The lowest BCUT2D eigenvalue weighted by atomic mass is 10.1. The van der Waals surface area contributed by atoms with Crippen LogP contribution in [0.1, 0.15) is 23.0 Å². The number of hydrogen-bond acceptors (Lipinski definition) is 4. The molecule has 76 valence electrons. The number of aryl methyl sites for hydroxylation is 1. The van der Waals surface area contributed by atoms with Crippen molar-refractivity contribution >= 4 is 5.97 Å². The molecule has 1 heterocycles. The maximum Gasteiger partial charge on any atom is 0.339 e. The summed E-state index contributed by atoms with van der Waals surface area (Å²) in [5.74, 6) is 0.145. The Hall–Kier alpha value is -1.58. The number of ether oxygens (including phenoxy) is 2. The molecule has 0 saturated carbocycles. The number of hydrogen-bond donors (Lipinski definition) is 0. The molecule has 0 aliphatic rings. The third kappa shape index (κ3) is 2.02. The van der Waals surface area contributed by atoms with E-state index in [2.05, 4.69) is 9.72 Å². The lowest BCUT2D eigenvalue weighted by Crippen LogP contribution is -2.07. The average molecular weight is 195 g/mol. The largest absolute Gasteiger partial charge is 0.481 e. The summed E-state index contributed by atoms with van der Waals surface area (Å²) < 4.78 is 9.59. The van der Waals surface area contributed by atoms with E-state index in [4.69, 9.17) is 4.74 Å². The summed E-state index contributed by atoms with van der Waals surface area (Å²) in [6, 6.07) is 3.31. The second kappa shape index (κ2) is 4.60. The monoisotopic (exact) mass is 195 g/mol. The maximum atomic E-state index is 11.3. The van der Waals surface area contributed by atoms with Crippen LogP contribution >= 0.6 is 0 Å². The summed E-state index contributed by atoms with van der Waals surface area (Å²) in [5, 5.41) is 0. The van der Waals surface area contributed by atoms with Crippen molar-refractivity contribution in [2.24, 2.45) is 0 Å². The highest BCUT2D eigenvalue weighted by molar-refractivity contribution is 5.90. The molecule has 0 atom stereocenters. The zero-order chi connectivity index (χ0) is 10.6. The number of carbonyl (C=O) groups excluding carboxylic acids is 1. The van der Waals surface area contributed by atoms with Crippen molar-refractivity contribution in [3.63, 3.8) is 0 Å². The highest BCUT2D eigenvalue weighted by Crippen LogP contribution is 2.14.